The predicted molar refractivity (Wildman–Crippen MR) is 80.0 cm³/mol. The topological polar surface area (TPSA) is 66.0 Å². The molecule has 1 aromatic carbocycles. The molecule has 3 heterocycles. The number of aromatic nitrogens is 4. The molecule has 0 N–H and O–H groups in total. The molecule has 1 atom stereocenters. The minimum Gasteiger partial charge on any atom is -0.493 e. The second-order valence-corrected chi connectivity index (χ2v) is 5.73. The van der Waals surface area contributed by atoms with Gasteiger partial charge in [0, 0.05) is 18.2 Å². The van der Waals surface area contributed by atoms with E-state index < -0.39 is 17.9 Å². The van der Waals surface area contributed by atoms with Crippen molar-refractivity contribution in [2.45, 2.75) is 25.6 Å². The number of hydrogen-bond acceptors (Lipinski definition) is 5. The summed E-state index contributed by atoms with van der Waals surface area (Å²) in [5, 5.41) is 7.46. The molecule has 0 saturated carbocycles. The van der Waals surface area contributed by atoms with Crippen molar-refractivity contribution in [3.05, 3.63) is 47.6 Å². The van der Waals surface area contributed by atoms with Gasteiger partial charge in [-0.1, -0.05) is 5.16 Å². The first kappa shape index (κ1) is 15.7. The molecule has 0 radical (unpaired) electrons. The second-order valence-electron chi connectivity index (χ2n) is 5.73. The van der Waals surface area contributed by atoms with Crippen molar-refractivity contribution < 1.29 is 22.4 Å². The normalized spacial score (nSPS) is 15.0. The van der Waals surface area contributed by atoms with E-state index in [1.54, 1.807) is 6.92 Å². The molecule has 25 heavy (non-hydrogen) atoms. The van der Waals surface area contributed by atoms with Crippen LogP contribution in [0.2, 0.25) is 0 Å². The van der Waals surface area contributed by atoms with Crippen molar-refractivity contribution in [1.29, 1.82) is 0 Å². The highest BCUT2D eigenvalue weighted by atomic mass is 19.4. The van der Waals surface area contributed by atoms with Crippen LogP contribution in [0.5, 0.6) is 5.75 Å². The van der Waals surface area contributed by atoms with Crippen LogP contribution >= 0.6 is 0 Å². The average Bonchev–Trinajstić information content (AvgIpc) is 3.31. The molecule has 4 rings (SSSR count). The average molecular weight is 350 g/mol. The number of fused-ring (bicyclic) bond motifs is 1. The van der Waals surface area contributed by atoms with Crippen LogP contribution in [0.25, 0.3) is 11.4 Å². The second kappa shape index (κ2) is 5.61. The molecule has 0 bridgehead atoms. The van der Waals surface area contributed by atoms with E-state index >= 15 is 0 Å². The Hall–Kier alpha value is -2.84. The molecule has 1 unspecified atom stereocenters. The van der Waals surface area contributed by atoms with Crippen molar-refractivity contribution >= 4 is 0 Å². The lowest BCUT2D eigenvalue weighted by molar-refractivity contribution is -0.141. The zero-order valence-corrected chi connectivity index (χ0v) is 13.1. The Balaban J connectivity index is 1.59. The van der Waals surface area contributed by atoms with E-state index in [1.807, 2.05) is 18.2 Å². The molecule has 2 aromatic heterocycles. The Morgan fingerprint density at radius 2 is 2.08 bits per heavy atom. The molecule has 0 spiro atoms. The Labute approximate surface area is 140 Å². The number of ether oxygens (including phenoxy) is 1. The Morgan fingerprint density at radius 3 is 2.84 bits per heavy atom. The molecule has 130 valence electrons. The highest BCUT2D eigenvalue weighted by Gasteiger charge is 2.34. The Morgan fingerprint density at radius 1 is 1.24 bits per heavy atom. The number of halogens is 3. The highest BCUT2D eigenvalue weighted by Crippen LogP contribution is 2.31. The van der Waals surface area contributed by atoms with Crippen LogP contribution in [0.1, 0.15) is 30.1 Å². The summed E-state index contributed by atoms with van der Waals surface area (Å²) < 4.78 is 49.8. The van der Waals surface area contributed by atoms with Crippen molar-refractivity contribution in [3.8, 4) is 17.1 Å². The summed E-state index contributed by atoms with van der Waals surface area (Å²) in [5.74, 6) is 1.40. The first-order chi connectivity index (χ1) is 11.9. The summed E-state index contributed by atoms with van der Waals surface area (Å²) in [5.41, 5.74) is 0.874. The summed E-state index contributed by atoms with van der Waals surface area (Å²) in [6, 6.07) is 5.89. The smallest absolute Gasteiger partial charge is 0.435 e. The van der Waals surface area contributed by atoms with Crippen LogP contribution in [0.15, 0.2) is 35.0 Å². The lowest BCUT2D eigenvalue weighted by Gasteiger charge is -2.07. The molecular weight excluding hydrogens is 337 g/mol. The Bertz CT molecular complexity index is 916. The van der Waals surface area contributed by atoms with Gasteiger partial charge in [-0.15, -0.1) is 0 Å². The molecular formula is C16H13F3N4O2. The summed E-state index contributed by atoms with van der Waals surface area (Å²) in [7, 11) is 0. The van der Waals surface area contributed by atoms with E-state index in [9.17, 15) is 13.2 Å². The van der Waals surface area contributed by atoms with E-state index in [2.05, 4.69) is 15.2 Å². The van der Waals surface area contributed by atoms with E-state index in [4.69, 9.17) is 9.26 Å². The van der Waals surface area contributed by atoms with Crippen LogP contribution in [-0.2, 0) is 12.6 Å². The van der Waals surface area contributed by atoms with Gasteiger partial charge < -0.3 is 9.26 Å². The molecule has 1 aliphatic heterocycles. The molecule has 0 amide bonds. The maximum Gasteiger partial charge on any atom is 0.435 e. The van der Waals surface area contributed by atoms with Crippen LogP contribution in [-0.4, -0.2) is 26.5 Å². The largest absolute Gasteiger partial charge is 0.493 e. The van der Waals surface area contributed by atoms with Crippen LogP contribution in [0.3, 0.4) is 0 Å². The van der Waals surface area contributed by atoms with Crippen LogP contribution in [0.4, 0.5) is 13.2 Å². The number of rotatable bonds is 3. The highest BCUT2D eigenvalue weighted by molar-refractivity contribution is 5.59. The van der Waals surface area contributed by atoms with Gasteiger partial charge in [-0.25, -0.2) is 0 Å². The minimum atomic E-state index is -4.49. The molecule has 0 aliphatic carbocycles. The van der Waals surface area contributed by atoms with Gasteiger partial charge in [0.15, 0.2) is 5.69 Å². The molecule has 6 nitrogen and oxygen atoms in total. The molecule has 9 heteroatoms. The monoisotopic (exact) mass is 350 g/mol. The van der Waals surface area contributed by atoms with Gasteiger partial charge in [0.1, 0.15) is 11.8 Å². The van der Waals surface area contributed by atoms with Gasteiger partial charge in [-0.3, -0.25) is 4.68 Å². The van der Waals surface area contributed by atoms with Crippen LogP contribution in [0, 0.1) is 0 Å². The van der Waals surface area contributed by atoms with Gasteiger partial charge >= 0.3 is 6.18 Å². The Kier molecular flexibility index (Phi) is 3.52. The maximum absolute atomic E-state index is 12.7. The molecule has 1 aliphatic rings. The first-order valence-electron chi connectivity index (χ1n) is 7.64. The van der Waals surface area contributed by atoms with Gasteiger partial charge in [-0.2, -0.15) is 23.3 Å². The van der Waals surface area contributed by atoms with Crippen molar-refractivity contribution in [3.63, 3.8) is 0 Å². The van der Waals surface area contributed by atoms with Crippen LogP contribution < -0.4 is 4.74 Å². The third-order valence-corrected chi connectivity index (χ3v) is 4.04. The predicted octanol–water partition coefficient (Wildman–Crippen LogP) is 3.50. The van der Waals surface area contributed by atoms with Crippen molar-refractivity contribution in [2.24, 2.45) is 0 Å². The van der Waals surface area contributed by atoms with E-state index in [1.165, 1.54) is 6.20 Å². The number of benzene rings is 1. The third-order valence-electron chi connectivity index (χ3n) is 4.04. The third kappa shape index (κ3) is 2.86. The molecule has 0 fully saturated rings. The SMILES string of the molecule is CC(c1nc(-c2ccc3c(c2)CCO3)no1)n1ccc(C(F)(F)F)n1. The summed E-state index contributed by atoms with van der Waals surface area (Å²) in [6.45, 7) is 2.29. The summed E-state index contributed by atoms with van der Waals surface area (Å²) in [6.07, 6.45) is -2.43. The lowest BCUT2D eigenvalue weighted by atomic mass is 10.1. The molecule has 3 aromatic rings. The fourth-order valence-electron chi connectivity index (χ4n) is 2.67. The van der Waals surface area contributed by atoms with Crippen molar-refractivity contribution in [2.75, 3.05) is 6.61 Å². The summed E-state index contributed by atoms with van der Waals surface area (Å²) >= 11 is 0. The number of hydrogen-bond donors (Lipinski definition) is 0. The zero-order valence-electron chi connectivity index (χ0n) is 13.1. The fourth-order valence-corrected chi connectivity index (χ4v) is 2.67. The quantitative estimate of drug-likeness (QED) is 0.723. The first-order valence-corrected chi connectivity index (χ1v) is 7.64. The maximum atomic E-state index is 12.7. The fraction of sp³-hybridized carbons (Fsp3) is 0.312. The standard InChI is InChI=1S/C16H13F3N4O2/c1-9(23-6-4-13(21-23)16(17,18)19)15-20-14(22-25-15)11-2-3-12-10(8-11)5-7-24-12/h2-4,6,8-9H,5,7H2,1H3. The van der Waals surface area contributed by atoms with E-state index in [0.29, 0.717) is 12.4 Å². The van der Waals surface area contributed by atoms with Gasteiger partial charge in [0.2, 0.25) is 5.82 Å². The molecule has 0 saturated heterocycles. The number of alkyl halides is 3. The minimum absolute atomic E-state index is 0.184. The lowest BCUT2D eigenvalue weighted by Crippen LogP contribution is -2.11. The van der Waals surface area contributed by atoms with Gasteiger partial charge in [-0.05, 0) is 36.8 Å². The van der Waals surface area contributed by atoms with Gasteiger partial charge in [0.25, 0.3) is 5.89 Å². The number of nitrogens with zero attached hydrogens (tertiary/aromatic N) is 4. The van der Waals surface area contributed by atoms with Crippen molar-refractivity contribution in [1.82, 2.24) is 19.9 Å². The van der Waals surface area contributed by atoms with E-state index in [0.717, 1.165) is 34.0 Å². The zero-order chi connectivity index (χ0) is 17.6. The van der Waals surface area contributed by atoms with Gasteiger partial charge in [0.05, 0.1) is 6.61 Å². The van der Waals surface area contributed by atoms with E-state index in [-0.39, 0.29) is 5.89 Å². The summed E-state index contributed by atoms with van der Waals surface area (Å²) in [4.78, 5) is 4.29.